The van der Waals surface area contributed by atoms with Crippen molar-refractivity contribution < 1.29 is 37.9 Å². The van der Waals surface area contributed by atoms with Crippen LogP contribution >= 0.6 is 0 Å². The molecule has 0 spiro atoms. The van der Waals surface area contributed by atoms with Crippen LogP contribution in [0, 0.1) is 118 Å². The van der Waals surface area contributed by atoms with Crippen molar-refractivity contribution in [2.24, 2.45) is 118 Å². The molecule has 36 atom stereocenters. The van der Waals surface area contributed by atoms with Gasteiger partial charge in [0.1, 0.15) is 0 Å². The third kappa shape index (κ3) is 8.73. The molecule has 15 rings (SSSR count). The third-order valence-electron chi connectivity index (χ3n) is 27.6. The molecule has 15 fully saturated rings. The molecular formula is C64H108N8O8. The molecule has 8 N–H and O–H groups in total. The first kappa shape index (κ1) is 55.9. The zero-order valence-corrected chi connectivity index (χ0v) is 50.2. The zero-order chi connectivity index (χ0) is 54.2. The molecule has 0 amide bonds. The van der Waals surface area contributed by atoms with Gasteiger partial charge in [-0.15, -0.1) is 0 Å². The van der Waals surface area contributed by atoms with E-state index in [9.17, 15) is 0 Å². The fraction of sp³-hybridized carbons (Fsp3) is 1.00. The van der Waals surface area contributed by atoms with Crippen LogP contribution in [0.25, 0.3) is 0 Å². The first-order valence-electron chi connectivity index (χ1n) is 33.6. The standard InChI is InChI=1S/C64H108N8O8/c1-73-49-33-21-13-15-23-35(33)51(75-3)43-41(49)57-65-58-42-44(52(76-4)36-24-16-14-22-34(36)50(42)74-2)60(67-58)69-62-46-48(56(80-8)40-28-32-20-12-10-18-30(32)26-38(40)54(46)78-6)64(71-62)72-63-47-45(61(70-63)68-59(43)66-57)53(77-5)37-25-29-17-9-11-19-31(29)27-39(37)55(47)79-7/h29-72H,9-28H2,1-8H3. The quantitative estimate of drug-likeness (QED) is 0.148. The highest BCUT2D eigenvalue weighted by atomic mass is 16.5. The third-order valence-corrected chi connectivity index (χ3v) is 27.6. The molecule has 80 heavy (non-hydrogen) atoms. The molecule has 16 heteroatoms. The Morgan fingerprint density at radius 1 is 0.200 bits per heavy atom. The van der Waals surface area contributed by atoms with Gasteiger partial charge in [-0.1, -0.05) is 77.0 Å². The summed E-state index contributed by atoms with van der Waals surface area (Å²) in [6, 6.07) is 0. The normalized spacial score (nSPS) is 58.5. The van der Waals surface area contributed by atoms with E-state index in [1.54, 1.807) is 0 Å². The van der Waals surface area contributed by atoms with Gasteiger partial charge in [-0.05, 0) is 122 Å². The van der Waals surface area contributed by atoms with Crippen molar-refractivity contribution in [1.29, 1.82) is 0 Å². The first-order chi connectivity index (χ1) is 39.3. The molecule has 0 aromatic carbocycles. The molecule has 5 aliphatic heterocycles. The Hall–Kier alpha value is -0.640. The maximum Gasteiger partial charge on any atom is 0.0663 e. The van der Waals surface area contributed by atoms with Crippen molar-refractivity contribution in [3.8, 4) is 0 Å². The van der Waals surface area contributed by atoms with Crippen LogP contribution in [0.4, 0.5) is 0 Å². The van der Waals surface area contributed by atoms with E-state index in [0.717, 1.165) is 23.7 Å². The largest absolute Gasteiger partial charge is 0.381 e. The van der Waals surface area contributed by atoms with Crippen molar-refractivity contribution in [3.63, 3.8) is 0 Å². The van der Waals surface area contributed by atoms with Gasteiger partial charge in [0, 0.05) is 104 Å². The van der Waals surface area contributed by atoms with Crippen LogP contribution in [0.1, 0.15) is 128 Å². The zero-order valence-electron chi connectivity index (χ0n) is 50.2. The summed E-state index contributed by atoms with van der Waals surface area (Å²) in [6.07, 6.45) is 25.8. The SMILES string of the molecule is COC1C2CCCCC2C(OC)C2C3NC(NC4NC(NC5NC(NC6NC(N3)C3C(OC)C7CC8CCCCC8CC7C(OC)C63)C3C(OC)C6CC7CCCCC7CC6C(OC)C53)C3C(OC)C5CCCCC5C(OC)C43)C12. The summed E-state index contributed by atoms with van der Waals surface area (Å²) in [5.41, 5.74) is 0. The molecule has 16 nitrogen and oxygen atoms in total. The maximum atomic E-state index is 7.10. The number of fused-ring (bicyclic) bond motifs is 26. The van der Waals surface area contributed by atoms with E-state index in [1.165, 1.54) is 128 Å². The minimum atomic E-state index is -0.0642. The number of rotatable bonds is 8. The Morgan fingerprint density at radius 3 is 0.512 bits per heavy atom. The van der Waals surface area contributed by atoms with Gasteiger partial charge in [0.25, 0.3) is 0 Å². The Labute approximate surface area is 480 Å². The fourth-order valence-electron chi connectivity index (χ4n) is 25.1. The summed E-state index contributed by atoms with van der Waals surface area (Å²) in [7, 11) is 16.2. The number of hydrogen-bond acceptors (Lipinski definition) is 16. The van der Waals surface area contributed by atoms with Gasteiger partial charge in [0.15, 0.2) is 0 Å². The number of methoxy groups -OCH3 is 8. The van der Waals surface area contributed by atoms with E-state index in [2.05, 4.69) is 42.5 Å². The molecule has 0 radical (unpaired) electrons. The van der Waals surface area contributed by atoms with E-state index >= 15 is 0 Å². The van der Waals surface area contributed by atoms with Gasteiger partial charge in [0.05, 0.1) is 98.2 Å². The van der Waals surface area contributed by atoms with E-state index < -0.39 is 0 Å². The van der Waals surface area contributed by atoms with Crippen molar-refractivity contribution in [1.82, 2.24) is 42.5 Å². The number of hydrogen-bond donors (Lipinski definition) is 8. The summed E-state index contributed by atoms with van der Waals surface area (Å²) in [4.78, 5) is 0. The van der Waals surface area contributed by atoms with Crippen LogP contribution < -0.4 is 42.5 Å². The predicted molar refractivity (Wildman–Crippen MR) is 304 cm³/mol. The predicted octanol–water partition coefficient (Wildman–Crippen LogP) is 5.76. The van der Waals surface area contributed by atoms with Crippen LogP contribution in [-0.2, 0) is 37.9 Å². The Kier molecular flexibility index (Phi) is 15.9. The Morgan fingerprint density at radius 2 is 0.350 bits per heavy atom. The number of nitrogens with one attached hydrogen (secondary N) is 8. The van der Waals surface area contributed by atoms with Gasteiger partial charge < -0.3 is 37.9 Å². The average molecular weight is 1120 g/mol. The highest BCUT2D eigenvalue weighted by Crippen LogP contribution is 2.61. The van der Waals surface area contributed by atoms with Gasteiger partial charge in [-0.25, -0.2) is 0 Å². The summed E-state index contributed by atoms with van der Waals surface area (Å²) in [5.74, 6) is 7.89. The minimum Gasteiger partial charge on any atom is -0.381 e. The van der Waals surface area contributed by atoms with Crippen LogP contribution in [0.2, 0.25) is 0 Å². The van der Waals surface area contributed by atoms with Crippen molar-refractivity contribution in [3.05, 3.63) is 0 Å². The Balaban J connectivity index is 0.875. The number of ether oxygens (including phenoxy) is 8. The van der Waals surface area contributed by atoms with E-state index in [-0.39, 0.29) is 146 Å². The smallest absolute Gasteiger partial charge is 0.0663 e. The molecule has 10 aliphatic carbocycles. The minimum absolute atomic E-state index is 0.0624. The lowest BCUT2D eigenvalue weighted by Crippen LogP contribution is -2.64. The average Bonchev–Trinajstić information content (AvgIpc) is 4.27. The van der Waals surface area contributed by atoms with E-state index in [0.29, 0.717) is 47.3 Å². The lowest BCUT2D eigenvalue weighted by atomic mass is 9.53. The van der Waals surface area contributed by atoms with E-state index in [4.69, 9.17) is 37.9 Å². The second-order valence-electron chi connectivity index (χ2n) is 29.8. The molecule has 36 unspecified atom stereocenters. The molecule has 10 saturated carbocycles. The summed E-state index contributed by atoms with van der Waals surface area (Å²) >= 11 is 0. The molecule has 8 bridgehead atoms. The molecule has 452 valence electrons. The topological polar surface area (TPSA) is 170 Å². The maximum absolute atomic E-state index is 7.10. The second-order valence-corrected chi connectivity index (χ2v) is 29.8. The van der Waals surface area contributed by atoms with Gasteiger partial charge in [-0.2, -0.15) is 0 Å². The van der Waals surface area contributed by atoms with Gasteiger partial charge >= 0.3 is 0 Å². The summed E-state index contributed by atoms with van der Waals surface area (Å²) in [6.45, 7) is 0. The summed E-state index contributed by atoms with van der Waals surface area (Å²) < 4.78 is 56.2. The van der Waals surface area contributed by atoms with Crippen LogP contribution in [0.3, 0.4) is 0 Å². The van der Waals surface area contributed by atoms with Gasteiger partial charge in [-0.3, -0.25) is 42.5 Å². The highest BCUT2D eigenvalue weighted by molar-refractivity contribution is 5.20. The highest BCUT2D eigenvalue weighted by Gasteiger charge is 2.69. The first-order valence-corrected chi connectivity index (χ1v) is 33.6. The fourth-order valence-corrected chi connectivity index (χ4v) is 25.1. The van der Waals surface area contributed by atoms with Crippen molar-refractivity contribution in [2.75, 3.05) is 56.9 Å². The van der Waals surface area contributed by atoms with Crippen LogP contribution in [0.5, 0.6) is 0 Å². The van der Waals surface area contributed by atoms with Crippen molar-refractivity contribution in [2.45, 2.75) is 227 Å². The van der Waals surface area contributed by atoms with Crippen LogP contribution in [0.15, 0.2) is 0 Å². The molecular weight excluding hydrogens is 1010 g/mol. The van der Waals surface area contributed by atoms with Crippen molar-refractivity contribution >= 4 is 0 Å². The molecule has 0 aromatic rings. The Bertz CT molecular complexity index is 2000. The van der Waals surface area contributed by atoms with Crippen LogP contribution in [-0.4, -0.2) is 155 Å². The van der Waals surface area contributed by atoms with E-state index in [1.807, 2.05) is 56.9 Å². The summed E-state index contributed by atoms with van der Waals surface area (Å²) in [5, 5.41) is 36.0. The lowest BCUT2D eigenvalue weighted by Gasteiger charge is -2.56. The second kappa shape index (κ2) is 22.8. The monoisotopic (exact) mass is 1120 g/mol. The van der Waals surface area contributed by atoms with Gasteiger partial charge in [0.2, 0.25) is 0 Å². The molecule has 5 saturated heterocycles. The molecule has 0 aromatic heterocycles. The molecule has 15 aliphatic rings. The molecule has 5 heterocycles. The lowest BCUT2D eigenvalue weighted by molar-refractivity contribution is -0.176.